The lowest BCUT2D eigenvalue weighted by molar-refractivity contribution is 0.268. The van der Waals surface area contributed by atoms with Crippen molar-refractivity contribution in [2.45, 2.75) is 20.4 Å². The van der Waals surface area contributed by atoms with E-state index in [4.69, 9.17) is 5.11 Å². The van der Waals surface area contributed by atoms with E-state index in [2.05, 4.69) is 10.2 Å². The fourth-order valence-electron chi connectivity index (χ4n) is 1.64. The fourth-order valence-corrected chi connectivity index (χ4v) is 1.64. The normalized spacial score (nSPS) is 11.0. The molecule has 5 nitrogen and oxygen atoms in total. The van der Waals surface area contributed by atoms with E-state index in [-0.39, 0.29) is 6.61 Å². The van der Waals surface area contributed by atoms with Gasteiger partial charge in [0.25, 0.3) is 0 Å². The number of aliphatic hydroxyl groups is 1. The Bertz CT molecular complexity index is 479. The van der Waals surface area contributed by atoms with Crippen LogP contribution in [0.3, 0.4) is 0 Å². The molecule has 2 aromatic heterocycles. The van der Waals surface area contributed by atoms with Crippen LogP contribution in [0, 0.1) is 13.8 Å². The van der Waals surface area contributed by atoms with Gasteiger partial charge in [0.1, 0.15) is 11.4 Å². The molecule has 0 saturated carbocycles. The molecule has 16 heavy (non-hydrogen) atoms. The highest BCUT2D eigenvalue weighted by atomic mass is 16.3. The predicted molar refractivity (Wildman–Crippen MR) is 61.0 cm³/mol. The monoisotopic (exact) mass is 220 g/mol. The van der Waals surface area contributed by atoms with Crippen molar-refractivity contribution in [1.82, 2.24) is 19.6 Å². The topological polar surface area (TPSA) is 55.9 Å². The van der Waals surface area contributed by atoms with Gasteiger partial charge in [0.05, 0.1) is 13.2 Å². The molecule has 0 amide bonds. The van der Waals surface area contributed by atoms with Gasteiger partial charge in [-0.25, -0.2) is 0 Å². The Balaban J connectivity index is 2.37. The van der Waals surface area contributed by atoms with E-state index in [0.717, 1.165) is 22.8 Å². The number of rotatable bonds is 3. The van der Waals surface area contributed by atoms with Crippen LogP contribution in [0.4, 0.5) is 0 Å². The number of aromatic nitrogens is 4. The summed E-state index contributed by atoms with van der Waals surface area (Å²) in [6, 6.07) is 3.99. The lowest BCUT2D eigenvalue weighted by Gasteiger charge is -1.98. The van der Waals surface area contributed by atoms with Gasteiger partial charge in [-0.3, -0.25) is 9.36 Å². The van der Waals surface area contributed by atoms with Crippen LogP contribution >= 0.6 is 0 Å². The summed E-state index contributed by atoms with van der Waals surface area (Å²) in [6.07, 6.45) is 0. The van der Waals surface area contributed by atoms with Gasteiger partial charge in [-0.2, -0.15) is 10.2 Å². The first-order valence-electron chi connectivity index (χ1n) is 5.28. The maximum atomic E-state index is 8.89. The van der Waals surface area contributed by atoms with E-state index >= 15 is 0 Å². The second-order valence-electron chi connectivity index (χ2n) is 3.91. The molecule has 86 valence electrons. The molecule has 0 radical (unpaired) electrons. The number of hydrogen-bond donors (Lipinski definition) is 1. The van der Waals surface area contributed by atoms with E-state index in [1.807, 2.05) is 37.7 Å². The van der Waals surface area contributed by atoms with Crippen molar-refractivity contribution in [2.75, 3.05) is 6.61 Å². The van der Waals surface area contributed by atoms with Gasteiger partial charge in [-0.15, -0.1) is 0 Å². The van der Waals surface area contributed by atoms with Crippen LogP contribution in [0.2, 0.25) is 0 Å². The summed E-state index contributed by atoms with van der Waals surface area (Å²) < 4.78 is 3.62. The summed E-state index contributed by atoms with van der Waals surface area (Å²) >= 11 is 0. The highest BCUT2D eigenvalue weighted by Gasteiger charge is 2.09. The molecule has 1 N–H and O–H groups in total. The average Bonchev–Trinajstić information content (AvgIpc) is 2.74. The van der Waals surface area contributed by atoms with Gasteiger partial charge in [0, 0.05) is 18.4 Å². The van der Waals surface area contributed by atoms with E-state index in [9.17, 15) is 0 Å². The molecule has 5 heteroatoms. The zero-order valence-electron chi connectivity index (χ0n) is 9.80. The second-order valence-corrected chi connectivity index (χ2v) is 3.91. The average molecular weight is 220 g/mol. The molecule has 0 aliphatic heterocycles. The Labute approximate surface area is 94.3 Å². The molecule has 0 saturated heterocycles. The molecule has 0 aromatic carbocycles. The Hall–Kier alpha value is -1.62. The summed E-state index contributed by atoms with van der Waals surface area (Å²) in [7, 11) is 1.91. The molecular formula is C11H16N4O. The number of aliphatic hydroxyl groups excluding tert-OH is 1. The molecule has 2 heterocycles. The lowest BCUT2D eigenvalue weighted by Crippen LogP contribution is -2.05. The van der Waals surface area contributed by atoms with Crippen molar-refractivity contribution < 1.29 is 5.11 Å². The van der Waals surface area contributed by atoms with E-state index in [1.165, 1.54) is 0 Å². The Morgan fingerprint density at radius 1 is 1.12 bits per heavy atom. The highest BCUT2D eigenvalue weighted by molar-refractivity contribution is 5.54. The molecule has 0 bridgehead atoms. The predicted octanol–water partition coefficient (Wildman–Crippen LogP) is 0.893. The van der Waals surface area contributed by atoms with E-state index in [0.29, 0.717) is 6.54 Å². The maximum absolute atomic E-state index is 8.89. The summed E-state index contributed by atoms with van der Waals surface area (Å²) in [5, 5.41) is 17.7. The van der Waals surface area contributed by atoms with Crippen LogP contribution in [0.25, 0.3) is 11.4 Å². The van der Waals surface area contributed by atoms with Crippen molar-refractivity contribution in [3.8, 4) is 11.4 Å². The largest absolute Gasteiger partial charge is 0.394 e. The van der Waals surface area contributed by atoms with Gasteiger partial charge in [0.2, 0.25) is 0 Å². The molecule has 0 fully saturated rings. The molecule has 2 aromatic rings. The lowest BCUT2D eigenvalue weighted by atomic mass is 10.3. The smallest absolute Gasteiger partial charge is 0.113 e. The molecule has 0 aliphatic rings. The highest BCUT2D eigenvalue weighted by Crippen LogP contribution is 2.18. The van der Waals surface area contributed by atoms with Crippen LogP contribution in [-0.2, 0) is 13.6 Å². The molecule has 2 rings (SSSR count). The van der Waals surface area contributed by atoms with Gasteiger partial charge in [-0.1, -0.05) is 0 Å². The third-order valence-electron chi connectivity index (χ3n) is 2.67. The number of hydrogen-bond acceptors (Lipinski definition) is 3. The SMILES string of the molecule is Cc1cc(-c2cc(C)n(CCO)n2)nn1C. The van der Waals surface area contributed by atoms with Crippen LogP contribution < -0.4 is 0 Å². The summed E-state index contributed by atoms with van der Waals surface area (Å²) in [6.45, 7) is 4.61. The summed E-state index contributed by atoms with van der Waals surface area (Å²) in [5.41, 5.74) is 3.87. The Morgan fingerprint density at radius 2 is 1.75 bits per heavy atom. The van der Waals surface area contributed by atoms with Crippen LogP contribution in [0.5, 0.6) is 0 Å². The second kappa shape index (κ2) is 4.09. The summed E-state index contributed by atoms with van der Waals surface area (Å²) in [5.74, 6) is 0. The van der Waals surface area contributed by atoms with Gasteiger partial charge in [0.15, 0.2) is 0 Å². The standard InChI is InChI=1S/C11H16N4O/c1-8-6-10(12-14(8)3)11-7-9(2)15(13-11)4-5-16/h6-7,16H,4-5H2,1-3H3. The minimum absolute atomic E-state index is 0.100. The number of nitrogens with zero attached hydrogens (tertiary/aromatic N) is 4. The van der Waals surface area contributed by atoms with Crippen molar-refractivity contribution in [3.05, 3.63) is 23.5 Å². The first kappa shape index (κ1) is 10.9. The minimum Gasteiger partial charge on any atom is -0.394 e. The van der Waals surface area contributed by atoms with Crippen molar-refractivity contribution in [2.24, 2.45) is 7.05 Å². The van der Waals surface area contributed by atoms with Crippen LogP contribution in [0.15, 0.2) is 12.1 Å². The zero-order valence-corrected chi connectivity index (χ0v) is 9.80. The van der Waals surface area contributed by atoms with E-state index < -0.39 is 0 Å². The first-order valence-corrected chi connectivity index (χ1v) is 5.28. The molecule has 0 aliphatic carbocycles. The molecule has 0 atom stereocenters. The Morgan fingerprint density at radius 3 is 2.31 bits per heavy atom. The first-order chi connectivity index (χ1) is 7.61. The van der Waals surface area contributed by atoms with Crippen LogP contribution in [-0.4, -0.2) is 31.3 Å². The molecular weight excluding hydrogens is 204 g/mol. The van der Waals surface area contributed by atoms with Gasteiger partial charge < -0.3 is 5.11 Å². The maximum Gasteiger partial charge on any atom is 0.113 e. The van der Waals surface area contributed by atoms with Crippen molar-refractivity contribution in [3.63, 3.8) is 0 Å². The third kappa shape index (κ3) is 1.86. The number of aryl methyl sites for hydroxylation is 3. The zero-order chi connectivity index (χ0) is 11.7. The Kier molecular flexibility index (Phi) is 2.78. The molecule has 0 unspecified atom stereocenters. The third-order valence-corrected chi connectivity index (χ3v) is 2.67. The minimum atomic E-state index is 0.100. The van der Waals surface area contributed by atoms with Crippen molar-refractivity contribution in [1.29, 1.82) is 0 Å². The summed E-state index contributed by atoms with van der Waals surface area (Å²) in [4.78, 5) is 0. The van der Waals surface area contributed by atoms with Crippen LogP contribution in [0.1, 0.15) is 11.4 Å². The molecule has 0 spiro atoms. The van der Waals surface area contributed by atoms with Gasteiger partial charge >= 0.3 is 0 Å². The van der Waals surface area contributed by atoms with Gasteiger partial charge in [-0.05, 0) is 26.0 Å². The fraction of sp³-hybridized carbons (Fsp3) is 0.455. The van der Waals surface area contributed by atoms with E-state index in [1.54, 1.807) is 4.68 Å². The quantitative estimate of drug-likeness (QED) is 0.836. The van der Waals surface area contributed by atoms with Crippen molar-refractivity contribution >= 4 is 0 Å².